The van der Waals surface area contributed by atoms with Crippen LogP contribution in [0.15, 0.2) is 12.1 Å². The van der Waals surface area contributed by atoms with E-state index in [9.17, 15) is 4.79 Å². The predicted molar refractivity (Wildman–Crippen MR) is 62.3 cm³/mol. The first-order valence-electron chi connectivity index (χ1n) is 5.18. The molecule has 0 saturated carbocycles. The normalized spacial score (nSPS) is 11.6. The number of ether oxygens (including phenoxy) is 1. The Hall–Kier alpha value is 0.455. The van der Waals surface area contributed by atoms with E-state index in [1.165, 1.54) is 0 Å². The third kappa shape index (κ3) is 4.91. The van der Waals surface area contributed by atoms with E-state index in [4.69, 9.17) is 9.84 Å². The molecule has 0 saturated heterocycles. The zero-order valence-electron chi connectivity index (χ0n) is 10.9. The number of carbonyl (C=O) groups excluding carboxylic acids is 1. The molecule has 1 rings (SSSR count). The molecule has 0 amide bonds. The third-order valence-electron chi connectivity index (χ3n) is 2.36. The fourth-order valence-electron chi connectivity index (χ4n) is 1.75. The van der Waals surface area contributed by atoms with Crippen LogP contribution in [-0.2, 0) is 4.74 Å². The van der Waals surface area contributed by atoms with Gasteiger partial charge in [-0.05, 0) is 31.9 Å². The fourth-order valence-corrected chi connectivity index (χ4v) is 1.75. The largest absolute Gasteiger partial charge is 1.00 e. The summed E-state index contributed by atoms with van der Waals surface area (Å²) >= 11 is 0. The molecule has 0 aliphatic rings. The molecule has 1 aromatic rings. The van der Waals surface area contributed by atoms with Crippen molar-refractivity contribution >= 4 is 5.97 Å². The molecule has 4 heteroatoms. The Morgan fingerprint density at radius 1 is 1.35 bits per heavy atom. The van der Waals surface area contributed by atoms with Crippen LogP contribution < -0.4 is 58.2 Å². The van der Waals surface area contributed by atoms with E-state index in [-0.39, 0.29) is 64.8 Å². The summed E-state index contributed by atoms with van der Waals surface area (Å²) in [6.07, 6.45) is -0.715. The van der Waals surface area contributed by atoms with Crippen LogP contribution in [0.5, 0.6) is 0 Å². The van der Waals surface area contributed by atoms with Crippen LogP contribution in [0.3, 0.4) is 0 Å². The Morgan fingerprint density at radius 2 is 1.82 bits per heavy atom. The van der Waals surface area contributed by atoms with Crippen LogP contribution in [0, 0.1) is 27.7 Å². The van der Waals surface area contributed by atoms with Gasteiger partial charge in [0.15, 0.2) is 0 Å². The third-order valence-corrected chi connectivity index (χ3v) is 2.36. The molecule has 1 N–H and O–H groups in total. The summed E-state index contributed by atoms with van der Waals surface area (Å²) in [6, 6.07) is 3.86. The Balaban J connectivity index is 0.00000256. The van der Waals surface area contributed by atoms with E-state index in [2.05, 4.69) is 6.92 Å². The SMILES string of the molecule is [CH2-]C(CO)OC(=O)c1c(C)cc(C)cc1C.[Rb+]. The summed E-state index contributed by atoms with van der Waals surface area (Å²) in [4.78, 5) is 11.8. The Kier molecular flexibility index (Phi) is 8.00. The number of aliphatic hydroxyl groups is 1. The molecule has 0 radical (unpaired) electrons. The van der Waals surface area contributed by atoms with Crippen molar-refractivity contribution < 1.29 is 72.8 Å². The second kappa shape index (κ2) is 7.80. The molecular formula is C13H17O3Rb. The van der Waals surface area contributed by atoms with Crippen molar-refractivity contribution in [1.82, 2.24) is 0 Å². The molecule has 0 aliphatic heterocycles. The molecule has 1 unspecified atom stereocenters. The average molecular weight is 307 g/mol. The molecule has 0 bridgehead atoms. The number of rotatable bonds is 3. The first-order chi connectivity index (χ1) is 7.45. The van der Waals surface area contributed by atoms with Gasteiger partial charge in [-0.2, -0.15) is 0 Å². The number of aryl methyl sites for hydroxylation is 3. The van der Waals surface area contributed by atoms with Crippen LogP contribution in [-0.4, -0.2) is 23.8 Å². The van der Waals surface area contributed by atoms with Crippen molar-refractivity contribution in [2.75, 3.05) is 6.61 Å². The summed E-state index contributed by atoms with van der Waals surface area (Å²) in [5.74, 6) is -0.427. The maximum absolute atomic E-state index is 11.8. The summed E-state index contributed by atoms with van der Waals surface area (Å²) in [5.41, 5.74) is 3.44. The van der Waals surface area contributed by atoms with Crippen molar-refractivity contribution in [2.24, 2.45) is 0 Å². The molecule has 17 heavy (non-hydrogen) atoms. The molecule has 3 nitrogen and oxygen atoms in total. The first kappa shape index (κ1) is 17.5. The zero-order valence-corrected chi connectivity index (χ0v) is 15.8. The van der Waals surface area contributed by atoms with Gasteiger partial charge < -0.3 is 16.8 Å². The minimum absolute atomic E-state index is 0. The summed E-state index contributed by atoms with van der Waals surface area (Å²) in [6.45, 7) is 8.95. The maximum Gasteiger partial charge on any atom is 1.00 e. The molecule has 0 spiro atoms. The standard InChI is InChI=1S/C13H17O3.Rb/c1-8-5-9(2)12(10(3)6-8)13(15)16-11(4)7-14;/h5-6,11,14H,4,7H2,1-3H3;/q-1;+1. The first-order valence-corrected chi connectivity index (χ1v) is 5.18. The summed E-state index contributed by atoms with van der Waals surface area (Å²) in [5, 5.41) is 8.77. The van der Waals surface area contributed by atoms with Gasteiger partial charge in [-0.1, -0.05) is 17.7 Å². The van der Waals surface area contributed by atoms with E-state index < -0.39 is 12.1 Å². The van der Waals surface area contributed by atoms with Gasteiger partial charge in [0.2, 0.25) is 0 Å². The van der Waals surface area contributed by atoms with Gasteiger partial charge in [0.1, 0.15) is 0 Å². The second-order valence-electron chi connectivity index (χ2n) is 3.98. The maximum atomic E-state index is 11.8. The summed E-state index contributed by atoms with van der Waals surface area (Å²) < 4.78 is 4.99. The zero-order chi connectivity index (χ0) is 12.3. The van der Waals surface area contributed by atoms with E-state index in [0.29, 0.717) is 5.56 Å². The Bertz CT molecular complexity index is 379. The second-order valence-corrected chi connectivity index (χ2v) is 3.98. The minimum atomic E-state index is -0.715. The van der Waals surface area contributed by atoms with Gasteiger partial charge in [0.05, 0.1) is 12.2 Å². The van der Waals surface area contributed by atoms with Crippen LogP contribution >= 0.6 is 0 Å². The van der Waals surface area contributed by atoms with Gasteiger partial charge in [0, 0.05) is 6.10 Å². The van der Waals surface area contributed by atoms with E-state index >= 15 is 0 Å². The van der Waals surface area contributed by atoms with E-state index in [1.807, 2.05) is 32.9 Å². The monoisotopic (exact) mass is 306 g/mol. The van der Waals surface area contributed by atoms with Gasteiger partial charge >= 0.3 is 64.2 Å². The molecule has 88 valence electrons. The van der Waals surface area contributed by atoms with E-state index in [1.54, 1.807) is 0 Å². The Morgan fingerprint density at radius 3 is 2.24 bits per heavy atom. The van der Waals surface area contributed by atoms with Crippen molar-refractivity contribution in [1.29, 1.82) is 0 Å². The van der Waals surface area contributed by atoms with Crippen molar-refractivity contribution in [3.63, 3.8) is 0 Å². The predicted octanol–water partition coefficient (Wildman–Crippen LogP) is -1.03. The number of hydrogen-bond acceptors (Lipinski definition) is 3. The fraction of sp³-hybridized carbons (Fsp3) is 0.385. The molecule has 1 aromatic carbocycles. The summed E-state index contributed by atoms with van der Waals surface area (Å²) in [7, 11) is 0. The van der Waals surface area contributed by atoms with Crippen LogP contribution in [0.4, 0.5) is 0 Å². The van der Waals surface area contributed by atoms with Gasteiger partial charge in [-0.3, -0.25) is 0 Å². The van der Waals surface area contributed by atoms with Gasteiger partial charge in [-0.15, -0.1) is 0 Å². The number of benzene rings is 1. The smallest absolute Gasteiger partial charge is 0.490 e. The van der Waals surface area contributed by atoms with Crippen molar-refractivity contribution in [3.05, 3.63) is 41.3 Å². The molecule has 0 fully saturated rings. The molecule has 0 aromatic heterocycles. The van der Waals surface area contributed by atoms with Crippen LogP contribution in [0.2, 0.25) is 0 Å². The number of carbonyl (C=O) groups is 1. The van der Waals surface area contributed by atoms with Gasteiger partial charge in [0.25, 0.3) is 0 Å². The molecule has 0 heterocycles. The van der Waals surface area contributed by atoms with E-state index in [0.717, 1.165) is 16.7 Å². The number of hydrogen-bond donors (Lipinski definition) is 1. The quantitative estimate of drug-likeness (QED) is 0.574. The topological polar surface area (TPSA) is 46.5 Å². The van der Waals surface area contributed by atoms with Crippen molar-refractivity contribution in [2.45, 2.75) is 26.9 Å². The van der Waals surface area contributed by atoms with Crippen LogP contribution in [0.25, 0.3) is 0 Å². The minimum Gasteiger partial charge on any atom is -0.490 e. The van der Waals surface area contributed by atoms with Crippen LogP contribution in [0.1, 0.15) is 27.0 Å². The average Bonchev–Trinajstić information content (AvgIpc) is 2.15. The molecule has 0 aliphatic carbocycles. The number of aliphatic hydroxyl groups excluding tert-OH is 1. The molecular weight excluding hydrogens is 290 g/mol. The Labute approximate surface area is 151 Å². The number of esters is 1. The van der Waals surface area contributed by atoms with Crippen molar-refractivity contribution in [3.8, 4) is 0 Å². The molecule has 1 atom stereocenters. The van der Waals surface area contributed by atoms with Gasteiger partial charge in [-0.25, -0.2) is 4.79 Å².